The zero-order valence-electron chi connectivity index (χ0n) is 14.5. The molecule has 0 spiro atoms. The lowest BCUT2D eigenvalue weighted by Crippen LogP contribution is -2.53. The van der Waals surface area contributed by atoms with Gasteiger partial charge in [-0.2, -0.15) is 0 Å². The first-order chi connectivity index (χ1) is 12.0. The Kier molecular flexibility index (Phi) is 5.23. The van der Waals surface area contributed by atoms with E-state index < -0.39 is 5.41 Å². The predicted octanol–water partition coefficient (Wildman–Crippen LogP) is 3.46. The van der Waals surface area contributed by atoms with E-state index in [1.54, 1.807) is 16.2 Å². The maximum absolute atomic E-state index is 12.3. The van der Waals surface area contributed by atoms with Crippen LogP contribution in [0.25, 0.3) is 10.4 Å². The Bertz CT molecular complexity index is 740. The molecule has 2 aromatic rings. The van der Waals surface area contributed by atoms with Crippen molar-refractivity contribution >= 4 is 23.2 Å². The number of amides is 2. The number of nitrogens with zero attached hydrogens (tertiary/aromatic N) is 1. The number of carbonyl (C=O) groups excluding carboxylic acids is 2. The number of thiophene rings is 1. The summed E-state index contributed by atoms with van der Waals surface area (Å²) in [6.45, 7) is 3.01. The molecule has 5 heteroatoms. The van der Waals surface area contributed by atoms with E-state index in [0.717, 1.165) is 24.9 Å². The van der Waals surface area contributed by atoms with Crippen LogP contribution in [0, 0.1) is 5.41 Å². The second-order valence-electron chi connectivity index (χ2n) is 6.77. The van der Waals surface area contributed by atoms with Crippen molar-refractivity contribution in [3.05, 3.63) is 47.3 Å². The van der Waals surface area contributed by atoms with Crippen LogP contribution >= 0.6 is 11.3 Å². The highest BCUT2D eigenvalue weighted by Gasteiger charge is 2.41. The third kappa shape index (κ3) is 3.76. The van der Waals surface area contributed by atoms with Crippen LogP contribution in [0.2, 0.25) is 0 Å². The minimum atomic E-state index is -0.659. The lowest BCUT2D eigenvalue weighted by molar-refractivity contribution is -0.139. The molecule has 132 valence electrons. The van der Waals surface area contributed by atoms with E-state index >= 15 is 0 Å². The summed E-state index contributed by atoms with van der Waals surface area (Å²) in [5.74, 6) is -0.207. The zero-order chi connectivity index (χ0) is 17.9. The summed E-state index contributed by atoms with van der Waals surface area (Å²) in [5.41, 5.74) is 7.39. The van der Waals surface area contributed by atoms with Crippen LogP contribution < -0.4 is 5.73 Å². The van der Waals surface area contributed by atoms with Crippen molar-refractivity contribution in [3.63, 3.8) is 0 Å². The molecule has 2 N–H and O–H groups in total. The molecule has 0 aliphatic carbocycles. The van der Waals surface area contributed by atoms with Gasteiger partial charge in [-0.1, -0.05) is 37.3 Å². The normalized spacial score (nSPS) is 20.4. The molecule has 1 aliphatic heterocycles. The van der Waals surface area contributed by atoms with Crippen LogP contribution in [-0.2, 0) is 16.0 Å². The minimum absolute atomic E-state index is 0.0957. The third-order valence-electron chi connectivity index (χ3n) is 5.06. The van der Waals surface area contributed by atoms with Gasteiger partial charge in [0.25, 0.3) is 0 Å². The Morgan fingerprint density at radius 3 is 2.60 bits per heavy atom. The Hall–Kier alpha value is -2.14. The summed E-state index contributed by atoms with van der Waals surface area (Å²) in [6, 6.07) is 12.5. The van der Waals surface area contributed by atoms with Crippen LogP contribution in [0.15, 0.2) is 41.8 Å². The van der Waals surface area contributed by atoms with Gasteiger partial charge in [0.1, 0.15) is 0 Å². The smallest absolute Gasteiger partial charge is 0.225 e. The first kappa shape index (κ1) is 17.7. The summed E-state index contributed by atoms with van der Waals surface area (Å²) >= 11 is 1.71. The van der Waals surface area contributed by atoms with Crippen molar-refractivity contribution in [2.75, 3.05) is 13.1 Å². The SMILES string of the molecule is CCC(=O)N1CCC[C@@](Cc2ccc(-c3cccs3)cc2)(C(N)=O)C1. The summed E-state index contributed by atoms with van der Waals surface area (Å²) in [6.07, 6.45) is 2.61. The van der Waals surface area contributed by atoms with Gasteiger partial charge in [0, 0.05) is 24.4 Å². The van der Waals surface area contributed by atoms with Crippen LogP contribution in [-0.4, -0.2) is 29.8 Å². The van der Waals surface area contributed by atoms with E-state index in [-0.39, 0.29) is 11.8 Å². The molecule has 1 aromatic heterocycles. The fraction of sp³-hybridized carbons (Fsp3) is 0.400. The predicted molar refractivity (Wildman–Crippen MR) is 101 cm³/mol. The molecule has 1 saturated heterocycles. The second-order valence-corrected chi connectivity index (χ2v) is 7.72. The van der Waals surface area contributed by atoms with Crippen molar-refractivity contribution in [3.8, 4) is 10.4 Å². The average molecular weight is 356 g/mol. The summed E-state index contributed by atoms with van der Waals surface area (Å²) in [4.78, 5) is 27.4. The summed E-state index contributed by atoms with van der Waals surface area (Å²) < 4.78 is 0. The topological polar surface area (TPSA) is 63.4 Å². The van der Waals surface area contributed by atoms with Gasteiger partial charge in [-0.25, -0.2) is 0 Å². The second kappa shape index (κ2) is 7.40. The van der Waals surface area contributed by atoms with E-state index in [0.29, 0.717) is 19.4 Å². The van der Waals surface area contributed by atoms with Crippen molar-refractivity contribution in [2.45, 2.75) is 32.6 Å². The van der Waals surface area contributed by atoms with Gasteiger partial charge < -0.3 is 10.6 Å². The number of hydrogen-bond acceptors (Lipinski definition) is 3. The van der Waals surface area contributed by atoms with Crippen molar-refractivity contribution in [1.29, 1.82) is 0 Å². The first-order valence-corrected chi connectivity index (χ1v) is 9.62. The first-order valence-electron chi connectivity index (χ1n) is 8.74. The third-order valence-corrected chi connectivity index (χ3v) is 5.98. The lowest BCUT2D eigenvalue weighted by Gasteiger charge is -2.41. The molecule has 2 amide bonds. The molecule has 2 heterocycles. The van der Waals surface area contributed by atoms with Crippen LogP contribution in [0.5, 0.6) is 0 Å². The van der Waals surface area contributed by atoms with Gasteiger partial charge in [-0.3, -0.25) is 9.59 Å². The number of primary amides is 1. The average Bonchev–Trinajstić information content (AvgIpc) is 3.16. The van der Waals surface area contributed by atoms with Gasteiger partial charge in [0.05, 0.1) is 5.41 Å². The van der Waals surface area contributed by atoms with Crippen LogP contribution in [0.3, 0.4) is 0 Å². The molecular weight excluding hydrogens is 332 g/mol. The van der Waals surface area contributed by atoms with Crippen molar-refractivity contribution in [2.24, 2.45) is 11.1 Å². The van der Waals surface area contributed by atoms with Gasteiger partial charge in [0.15, 0.2) is 0 Å². The fourth-order valence-electron chi connectivity index (χ4n) is 3.62. The van der Waals surface area contributed by atoms with Gasteiger partial charge >= 0.3 is 0 Å². The molecule has 1 fully saturated rings. The van der Waals surface area contributed by atoms with Gasteiger partial charge in [0.2, 0.25) is 11.8 Å². The number of hydrogen-bond donors (Lipinski definition) is 1. The van der Waals surface area contributed by atoms with Gasteiger partial charge in [-0.05, 0) is 41.8 Å². The molecule has 4 nitrogen and oxygen atoms in total. The molecule has 0 radical (unpaired) electrons. The maximum Gasteiger partial charge on any atom is 0.225 e. The van der Waals surface area contributed by atoms with Crippen molar-refractivity contribution in [1.82, 2.24) is 4.90 Å². The fourth-order valence-corrected chi connectivity index (χ4v) is 4.35. The monoisotopic (exact) mass is 356 g/mol. The molecule has 25 heavy (non-hydrogen) atoms. The molecular formula is C20H24N2O2S. The van der Waals surface area contributed by atoms with Crippen molar-refractivity contribution < 1.29 is 9.59 Å². The largest absolute Gasteiger partial charge is 0.369 e. The Labute approximate surface area is 152 Å². The van der Waals surface area contributed by atoms with Crippen LogP contribution in [0.1, 0.15) is 31.7 Å². The molecule has 1 atom stereocenters. The number of benzene rings is 1. The molecule has 0 unspecified atom stereocenters. The number of rotatable bonds is 5. The van der Waals surface area contributed by atoms with E-state index in [1.807, 2.05) is 13.0 Å². The maximum atomic E-state index is 12.3. The zero-order valence-corrected chi connectivity index (χ0v) is 15.3. The Morgan fingerprint density at radius 2 is 2.00 bits per heavy atom. The molecule has 1 aromatic carbocycles. The highest BCUT2D eigenvalue weighted by atomic mass is 32.1. The molecule has 3 rings (SSSR count). The van der Waals surface area contributed by atoms with E-state index in [2.05, 4.69) is 35.7 Å². The quantitative estimate of drug-likeness (QED) is 0.892. The standard InChI is InChI=1S/C20H24N2O2S/c1-2-18(23)22-11-4-10-20(14-22,19(21)24)13-15-6-8-16(9-7-15)17-5-3-12-25-17/h3,5-9,12H,2,4,10-11,13-14H2,1H3,(H2,21,24)/t20-/m0/s1. The number of carbonyl (C=O) groups is 2. The number of piperidine rings is 1. The number of likely N-dealkylation sites (tertiary alicyclic amines) is 1. The Balaban J connectivity index is 1.80. The van der Waals surface area contributed by atoms with E-state index in [1.165, 1.54) is 10.4 Å². The lowest BCUT2D eigenvalue weighted by atomic mass is 9.74. The van der Waals surface area contributed by atoms with Crippen LogP contribution in [0.4, 0.5) is 0 Å². The molecule has 0 saturated carbocycles. The van der Waals surface area contributed by atoms with E-state index in [9.17, 15) is 9.59 Å². The number of nitrogens with two attached hydrogens (primary N) is 1. The summed E-state index contributed by atoms with van der Waals surface area (Å²) in [7, 11) is 0. The molecule has 0 bridgehead atoms. The molecule has 1 aliphatic rings. The Morgan fingerprint density at radius 1 is 1.24 bits per heavy atom. The van der Waals surface area contributed by atoms with Gasteiger partial charge in [-0.15, -0.1) is 11.3 Å². The minimum Gasteiger partial charge on any atom is -0.369 e. The highest BCUT2D eigenvalue weighted by molar-refractivity contribution is 7.13. The summed E-state index contributed by atoms with van der Waals surface area (Å²) in [5, 5.41) is 2.06. The van der Waals surface area contributed by atoms with E-state index in [4.69, 9.17) is 5.73 Å². The highest BCUT2D eigenvalue weighted by Crippen LogP contribution is 2.34.